The lowest BCUT2D eigenvalue weighted by Gasteiger charge is -2.10. The summed E-state index contributed by atoms with van der Waals surface area (Å²) >= 11 is 10.9. The molecule has 1 aromatic heterocycles. The lowest BCUT2D eigenvalue weighted by atomic mass is 10.1. The molecule has 0 N–H and O–H groups in total. The summed E-state index contributed by atoms with van der Waals surface area (Å²) in [7, 11) is 0. The predicted molar refractivity (Wildman–Crippen MR) is 123 cm³/mol. The monoisotopic (exact) mass is 480 g/mol. The first-order chi connectivity index (χ1) is 14.1. The van der Waals surface area contributed by atoms with Crippen molar-refractivity contribution < 1.29 is 4.74 Å². The number of benzene rings is 3. The molecule has 0 spiro atoms. The number of halogens is 2. The van der Waals surface area contributed by atoms with Gasteiger partial charge in [0.1, 0.15) is 23.4 Å². The van der Waals surface area contributed by atoms with Gasteiger partial charge in [-0.15, -0.1) is 11.3 Å². The number of hydrogen-bond acceptors (Lipinski definition) is 4. The molecule has 0 saturated heterocycles. The van der Waals surface area contributed by atoms with E-state index in [1.807, 2.05) is 72.8 Å². The second-order valence-electron chi connectivity index (χ2n) is 6.25. The van der Waals surface area contributed by atoms with Crippen LogP contribution in [0.25, 0.3) is 21.9 Å². The second-order valence-corrected chi connectivity index (χ2v) is 8.64. The molecular weight excluding hydrogens is 468 g/mol. The normalized spacial score (nSPS) is 11.4. The first-order valence-corrected chi connectivity index (χ1v) is 10.8. The number of fused-ring (bicyclic) bond motifs is 1. The van der Waals surface area contributed by atoms with E-state index >= 15 is 0 Å². The van der Waals surface area contributed by atoms with E-state index in [2.05, 4.69) is 27.0 Å². The summed E-state index contributed by atoms with van der Waals surface area (Å²) in [5, 5.41) is 11.1. The van der Waals surface area contributed by atoms with E-state index in [9.17, 15) is 5.26 Å². The van der Waals surface area contributed by atoms with Crippen LogP contribution >= 0.6 is 38.9 Å². The maximum atomic E-state index is 9.74. The van der Waals surface area contributed by atoms with Crippen molar-refractivity contribution in [2.75, 3.05) is 0 Å². The Morgan fingerprint density at radius 2 is 1.93 bits per heavy atom. The van der Waals surface area contributed by atoms with Crippen molar-refractivity contribution in [1.29, 1.82) is 5.26 Å². The number of para-hydroxylation sites is 1. The lowest BCUT2D eigenvalue weighted by molar-refractivity contribution is 0.305. The molecule has 1 heterocycles. The molecule has 0 aliphatic carbocycles. The molecule has 3 nitrogen and oxygen atoms in total. The van der Waals surface area contributed by atoms with Crippen LogP contribution in [0, 0.1) is 11.3 Å². The standard InChI is InChI=1S/C23H14BrClN2OS/c24-18-7-10-21(28-14-15-5-8-19(25)9-6-15)16(12-18)11-17(13-26)23-27-20-3-1-2-4-22(20)29-23/h1-12H,14H2. The van der Waals surface area contributed by atoms with E-state index in [0.717, 1.165) is 25.8 Å². The molecule has 4 aromatic rings. The van der Waals surface area contributed by atoms with E-state index in [-0.39, 0.29) is 0 Å². The molecule has 0 unspecified atom stereocenters. The average molecular weight is 482 g/mol. The highest BCUT2D eigenvalue weighted by atomic mass is 79.9. The Bertz CT molecular complexity index is 1210. The lowest BCUT2D eigenvalue weighted by Crippen LogP contribution is -1.97. The van der Waals surface area contributed by atoms with Crippen LogP contribution in [0.5, 0.6) is 5.75 Å². The Morgan fingerprint density at radius 3 is 2.69 bits per heavy atom. The molecule has 0 atom stereocenters. The van der Waals surface area contributed by atoms with Gasteiger partial charge in [-0.25, -0.2) is 4.98 Å². The third-order valence-corrected chi connectivity index (χ3v) is 6.04. The molecule has 6 heteroatoms. The summed E-state index contributed by atoms with van der Waals surface area (Å²) in [5.41, 5.74) is 3.21. The average Bonchev–Trinajstić information content (AvgIpc) is 3.16. The van der Waals surface area contributed by atoms with Crippen molar-refractivity contribution in [2.24, 2.45) is 0 Å². The molecule has 3 aromatic carbocycles. The fourth-order valence-electron chi connectivity index (χ4n) is 2.79. The molecule has 0 amide bonds. The topological polar surface area (TPSA) is 45.9 Å². The summed E-state index contributed by atoms with van der Waals surface area (Å²) < 4.78 is 7.98. The van der Waals surface area contributed by atoms with Crippen molar-refractivity contribution in [1.82, 2.24) is 4.98 Å². The van der Waals surface area contributed by atoms with Crippen molar-refractivity contribution in [3.63, 3.8) is 0 Å². The molecule has 0 bridgehead atoms. The maximum Gasteiger partial charge on any atom is 0.135 e. The summed E-state index contributed by atoms with van der Waals surface area (Å²) in [6, 6.07) is 23.4. The van der Waals surface area contributed by atoms with Gasteiger partial charge in [-0.3, -0.25) is 0 Å². The molecule has 0 radical (unpaired) electrons. The number of ether oxygens (including phenoxy) is 1. The first-order valence-electron chi connectivity index (χ1n) is 8.77. The first kappa shape index (κ1) is 19.7. The molecule has 0 aliphatic rings. The Kier molecular flexibility index (Phi) is 5.96. The van der Waals surface area contributed by atoms with Crippen molar-refractivity contribution in [3.05, 3.63) is 92.4 Å². The van der Waals surface area contributed by atoms with Crippen LogP contribution in [0.2, 0.25) is 5.02 Å². The van der Waals surface area contributed by atoms with Crippen LogP contribution in [-0.2, 0) is 6.61 Å². The van der Waals surface area contributed by atoms with E-state index < -0.39 is 0 Å². The van der Waals surface area contributed by atoms with E-state index in [0.29, 0.717) is 28.0 Å². The Hall–Kier alpha value is -2.65. The second kappa shape index (κ2) is 8.79. The number of hydrogen-bond donors (Lipinski definition) is 0. The number of rotatable bonds is 5. The zero-order valence-electron chi connectivity index (χ0n) is 15.1. The van der Waals surface area contributed by atoms with E-state index in [4.69, 9.17) is 16.3 Å². The maximum absolute atomic E-state index is 9.74. The minimum atomic E-state index is 0.405. The summed E-state index contributed by atoms with van der Waals surface area (Å²) in [5.74, 6) is 0.692. The quantitative estimate of drug-likeness (QED) is 0.280. The summed E-state index contributed by atoms with van der Waals surface area (Å²) in [6.07, 6.45) is 1.82. The largest absolute Gasteiger partial charge is 0.488 e. The van der Waals surface area contributed by atoms with Gasteiger partial charge in [0.05, 0.1) is 15.8 Å². The van der Waals surface area contributed by atoms with Crippen LogP contribution in [0.3, 0.4) is 0 Å². The van der Waals surface area contributed by atoms with Gasteiger partial charge in [-0.05, 0) is 54.1 Å². The van der Waals surface area contributed by atoms with Gasteiger partial charge in [0.25, 0.3) is 0 Å². The van der Waals surface area contributed by atoms with Crippen LogP contribution < -0.4 is 4.74 Å². The van der Waals surface area contributed by atoms with Gasteiger partial charge < -0.3 is 4.74 Å². The van der Waals surface area contributed by atoms with Crippen LogP contribution in [0.1, 0.15) is 16.1 Å². The predicted octanol–water partition coefficient (Wildman–Crippen LogP) is 7.36. The zero-order chi connectivity index (χ0) is 20.2. The molecule has 0 fully saturated rings. The van der Waals surface area contributed by atoms with E-state index in [1.165, 1.54) is 11.3 Å². The molecule has 4 rings (SSSR count). The van der Waals surface area contributed by atoms with Gasteiger partial charge in [0, 0.05) is 15.1 Å². The summed E-state index contributed by atoms with van der Waals surface area (Å²) in [4.78, 5) is 4.60. The van der Waals surface area contributed by atoms with Crippen molar-refractivity contribution in [3.8, 4) is 11.8 Å². The highest BCUT2D eigenvalue weighted by molar-refractivity contribution is 9.10. The van der Waals surface area contributed by atoms with Gasteiger partial charge in [-0.1, -0.05) is 51.8 Å². The minimum absolute atomic E-state index is 0.405. The Labute approximate surface area is 186 Å². The van der Waals surface area contributed by atoms with Gasteiger partial charge in [0.2, 0.25) is 0 Å². The number of thiazole rings is 1. The fraction of sp³-hybridized carbons (Fsp3) is 0.0435. The Balaban J connectivity index is 1.66. The molecular formula is C23H14BrClN2OS. The third kappa shape index (κ3) is 4.68. The smallest absolute Gasteiger partial charge is 0.135 e. The van der Waals surface area contributed by atoms with Crippen LogP contribution in [-0.4, -0.2) is 4.98 Å². The van der Waals surface area contributed by atoms with Gasteiger partial charge in [-0.2, -0.15) is 5.26 Å². The fourth-order valence-corrected chi connectivity index (χ4v) is 4.23. The highest BCUT2D eigenvalue weighted by Gasteiger charge is 2.11. The SMILES string of the molecule is N#CC(=Cc1cc(Br)ccc1OCc1ccc(Cl)cc1)c1nc2ccccc2s1. The Morgan fingerprint density at radius 1 is 1.14 bits per heavy atom. The van der Waals surface area contributed by atoms with Crippen molar-refractivity contribution in [2.45, 2.75) is 6.61 Å². The zero-order valence-corrected chi connectivity index (χ0v) is 18.3. The minimum Gasteiger partial charge on any atom is -0.488 e. The summed E-state index contributed by atoms with van der Waals surface area (Å²) in [6.45, 7) is 0.405. The molecule has 0 saturated carbocycles. The third-order valence-electron chi connectivity index (χ3n) is 4.22. The van der Waals surface area contributed by atoms with E-state index in [1.54, 1.807) is 0 Å². The molecule has 29 heavy (non-hydrogen) atoms. The number of allylic oxidation sites excluding steroid dienone is 1. The highest BCUT2D eigenvalue weighted by Crippen LogP contribution is 2.31. The number of aromatic nitrogens is 1. The van der Waals surface area contributed by atoms with Crippen LogP contribution in [0.15, 0.2) is 71.2 Å². The van der Waals surface area contributed by atoms with Crippen molar-refractivity contribution >= 4 is 60.7 Å². The molecule has 142 valence electrons. The molecule has 0 aliphatic heterocycles. The van der Waals surface area contributed by atoms with Gasteiger partial charge >= 0.3 is 0 Å². The van der Waals surface area contributed by atoms with Crippen LogP contribution in [0.4, 0.5) is 0 Å². The number of nitriles is 1. The van der Waals surface area contributed by atoms with Gasteiger partial charge in [0.15, 0.2) is 0 Å². The number of nitrogens with zero attached hydrogens (tertiary/aromatic N) is 2.